The van der Waals surface area contributed by atoms with Gasteiger partial charge in [-0.15, -0.1) is 0 Å². The standard InChI is InChI=1S/C20H28BF3N2O3/c1-13-8-9-14(12-15(13)21-28-18(2,3)19(4,5)29-21)16(20(22,23)24)25-17(27)26-10-6-7-11-26/h8-9,12,16H,6-7,10-11H2,1-5H3,(H,25,27)/t16-/m0/s1. The monoisotopic (exact) mass is 412 g/mol. The van der Waals surface area contributed by atoms with Gasteiger partial charge in [0.25, 0.3) is 0 Å². The number of aryl methyl sites for hydroxylation is 1. The number of likely N-dealkylation sites (tertiary alicyclic amines) is 1. The average molecular weight is 412 g/mol. The molecule has 160 valence electrons. The van der Waals surface area contributed by atoms with Crippen LogP contribution in [0.2, 0.25) is 0 Å². The smallest absolute Gasteiger partial charge is 0.399 e. The molecule has 0 unspecified atom stereocenters. The molecular weight excluding hydrogens is 384 g/mol. The molecule has 2 fully saturated rings. The van der Waals surface area contributed by atoms with Gasteiger partial charge >= 0.3 is 19.3 Å². The van der Waals surface area contributed by atoms with Gasteiger partial charge in [-0.05, 0) is 58.5 Å². The number of nitrogens with zero attached hydrogens (tertiary/aromatic N) is 1. The molecule has 2 aliphatic rings. The van der Waals surface area contributed by atoms with Crippen LogP contribution in [0.1, 0.15) is 57.7 Å². The van der Waals surface area contributed by atoms with E-state index in [-0.39, 0.29) is 5.56 Å². The molecule has 1 aromatic rings. The summed E-state index contributed by atoms with van der Waals surface area (Å²) < 4.78 is 53.5. The molecule has 1 aromatic carbocycles. The fourth-order valence-corrected chi connectivity index (χ4v) is 3.55. The molecule has 1 atom stereocenters. The SMILES string of the molecule is Cc1ccc([C@H](NC(=O)N2CCCC2)C(F)(F)F)cc1B1OC(C)(C)C(C)(C)O1. The lowest BCUT2D eigenvalue weighted by atomic mass is 9.75. The third-order valence-corrected chi connectivity index (χ3v) is 6.13. The van der Waals surface area contributed by atoms with Gasteiger partial charge in [-0.2, -0.15) is 13.2 Å². The zero-order valence-electron chi connectivity index (χ0n) is 17.5. The Hall–Kier alpha value is -1.74. The zero-order valence-corrected chi connectivity index (χ0v) is 17.5. The van der Waals surface area contributed by atoms with Gasteiger partial charge in [0.2, 0.25) is 0 Å². The van der Waals surface area contributed by atoms with Crippen molar-refractivity contribution in [1.29, 1.82) is 0 Å². The highest BCUT2D eigenvalue weighted by Gasteiger charge is 2.52. The van der Waals surface area contributed by atoms with E-state index in [1.165, 1.54) is 17.0 Å². The second kappa shape index (κ2) is 7.50. The van der Waals surface area contributed by atoms with E-state index < -0.39 is 36.6 Å². The van der Waals surface area contributed by atoms with Crippen molar-refractivity contribution in [2.75, 3.05) is 13.1 Å². The van der Waals surface area contributed by atoms with Crippen molar-refractivity contribution >= 4 is 18.6 Å². The molecule has 2 heterocycles. The number of amides is 2. The summed E-state index contributed by atoms with van der Waals surface area (Å²) >= 11 is 0. The van der Waals surface area contributed by atoms with Crippen LogP contribution in [0.4, 0.5) is 18.0 Å². The Morgan fingerprint density at radius 1 is 1.14 bits per heavy atom. The number of carbonyl (C=O) groups is 1. The topological polar surface area (TPSA) is 50.8 Å². The summed E-state index contributed by atoms with van der Waals surface area (Å²) in [6, 6.07) is 1.64. The van der Waals surface area contributed by atoms with Crippen molar-refractivity contribution in [1.82, 2.24) is 10.2 Å². The third-order valence-electron chi connectivity index (χ3n) is 6.13. The van der Waals surface area contributed by atoms with Crippen LogP contribution < -0.4 is 10.8 Å². The Kier molecular flexibility index (Phi) is 5.68. The first kappa shape index (κ1) is 22.0. The van der Waals surface area contributed by atoms with E-state index in [0.29, 0.717) is 18.6 Å². The van der Waals surface area contributed by atoms with Gasteiger partial charge in [0.05, 0.1) is 11.2 Å². The fourth-order valence-electron chi connectivity index (χ4n) is 3.55. The van der Waals surface area contributed by atoms with Crippen LogP contribution in [0.3, 0.4) is 0 Å². The van der Waals surface area contributed by atoms with Gasteiger partial charge in [-0.1, -0.05) is 23.8 Å². The highest BCUT2D eigenvalue weighted by atomic mass is 19.4. The van der Waals surface area contributed by atoms with Gasteiger partial charge in [0.15, 0.2) is 6.04 Å². The normalized spacial score (nSPS) is 22.1. The number of alkyl halides is 3. The lowest BCUT2D eigenvalue weighted by Crippen LogP contribution is -2.45. The Balaban J connectivity index is 1.90. The molecule has 0 saturated carbocycles. The first-order valence-corrected chi connectivity index (χ1v) is 9.90. The molecule has 5 nitrogen and oxygen atoms in total. The van der Waals surface area contributed by atoms with Crippen molar-refractivity contribution in [2.24, 2.45) is 0 Å². The molecule has 2 saturated heterocycles. The Morgan fingerprint density at radius 3 is 2.21 bits per heavy atom. The maximum Gasteiger partial charge on any atom is 0.495 e. The van der Waals surface area contributed by atoms with Gasteiger partial charge in [0, 0.05) is 13.1 Å². The van der Waals surface area contributed by atoms with E-state index in [0.717, 1.165) is 18.4 Å². The summed E-state index contributed by atoms with van der Waals surface area (Å²) in [4.78, 5) is 13.7. The summed E-state index contributed by atoms with van der Waals surface area (Å²) in [7, 11) is -0.775. The second-order valence-electron chi connectivity index (χ2n) is 8.82. The van der Waals surface area contributed by atoms with Crippen molar-refractivity contribution < 1.29 is 27.3 Å². The quantitative estimate of drug-likeness (QED) is 0.771. The van der Waals surface area contributed by atoms with E-state index in [9.17, 15) is 18.0 Å². The number of urea groups is 1. The molecule has 3 rings (SSSR count). The maximum atomic E-state index is 13.8. The van der Waals surface area contributed by atoms with Crippen molar-refractivity contribution in [3.63, 3.8) is 0 Å². The van der Waals surface area contributed by atoms with Gasteiger partial charge in [-0.3, -0.25) is 0 Å². The lowest BCUT2D eigenvalue weighted by Gasteiger charge is -2.32. The number of hydrogen-bond donors (Lipinski definition) is 1. The highest BCUT2D eigenvalue weighted by molar-refractivity contribution is 6.62. The maximum absolute atomic E-state index is 13.8. The second-order valence-corrected chi connectivity index (χ2v) is 8.82. The summed E-state index contributed by atoms with van der Waals surface area (Å²) in [6.45, 7) is 10.3. The van der Waals surface area contributed by atoms with Crippen LogP contribution in [-0.2, 0) is 9.31 Å². The molecular formula is C20H28BF3N2O3. The van der Waals surface area contributed by atoms with E-state index in [4.69, 9.17) is 9.31 Å². The van der Waals surface area contributed by atoms with E-state index in [1.54, 1.807) is 13.0 Å². The summed E-state index contributed by atoms with van der Waals surface area (Å²) in [5.74, 6) is 0. The van der Waals surface area contributed by atoms with Crippen LogP contribution in [-0.4, -0.2) is 48.5 Å². The number of nitrogens with one attached hydrogen (secondary N) is 1. The first-order valence-electron chi connectivity index (χ1n) is 9.90. The molecule has 1 N–H and O–H groups in total. The van der Waals surface area contributed by atoms with Crippen LogP contribution in [0.25, 0.3) is 0 Å². The van der Waals surface area contributed by atoms with Gasteiger partial charge in [-0.25, -0.2) is 4.79 Å². The molecule has 2 amide bonds. The highest BCUT2D eigenvalue weighted by Crippen LogP contribution is 2.37. The summed E-state index contributed by atoms with van der Waals surface area (Å²) in [6.07, 6.45) is -3.01. The minimum absolute atomic E-state index is 0.0413. The van der Waals surface area contributed by atoms with Crippen molar-refractivity contribution in [2.45, 2.75) is 70.9 Å². The lowest BCUT2D eigenvalue weighted by molar-refractivity contribution is -0.155. The van der Waals surface area contributed by atoms with E-state index in [1.807, 2.05) is 27.7 Å². The molecule has 9 heteroatoms. The van der Waals surface area contributed by atoms with Gasteiger partial charge < -0.3 is 19.5 Å². The third kappa shape index (κ3) is 4.40. The zero-order chi connectivity index (χ0) is 21.6. The number of benzene rings is 1. The van der Waals surface area contributed by atoms with Crippen LogP contribution in [0, 0.1) is 6.92 Å². The van der Waals surface area contributed by atoms with Crippen molar-refractivity contribution in [3.8, 4) is 0 Å². The largest absolute Gasteiger partial charge is 0.495 e. The molecule has 0 aliphatic carbocycles. The molecule has 0 spiro atoms. The predicted octanol–water partition coefficient (Wildman–Crippen LogP) is 3.70. The predicted molar refractivity (Wildman–Crippen MR) is 105 cm³/mol. The number of hydrogen-bond acceptors (Lipinski definition) is 3. The Bertz CT molecular complexity index is 761. The minimum atomic E-state index is -4.63. The molecule has 2 aliphatic heterocycles. The number of carbonyl (C=O) groups excluding carboxylic acids is 1. The molecule has 0 bridgehead atoms. The summed E-state index contributed by atoms with van der Waals surface area (Å²) in [5, 5.41) is 2.17. The fraction of sp³-hybridized carbons (Fsp3) is 0.650. The van der Waals surface area contributed by atoms with Crippen LogP contribution >= 0.6 is 0 Å². The summed E-state index contributed by atoms with van der Waals surface area (Å²) in [5.41, 5.74) is 0.0475. The molecule has 0 radical (unpaired) electrons. The first-order chi connectivity index (χ1) is 13.3. The average Bonchev–Trinajstić information content (AvgIpc) is 3.19. The number of rotatable bonds is 3. The van der Waals surface area contributed by atoms with E-state index >= 15 is 0 Å². The Morgan fingerprint density at radius 2 is 1.69 bits per heavy atom. The van der Waals surface area contributed by atoms with Crippen LogP contribution in [0.15, 0.2) is 18.2 Å². The number of halogens is 3. The molecule has 0 aromatic heterocycles. The van der Waals surface area contributed by atoms with Gasteiger partial charge in [0.1, 0.15) is 0 Å². The van der Waals surface area contributed by atoms with Crippen LogP contribution in [0.5, 0.6) is 0 Å². The Labute approximate surface area is 170 Å². The van der Waals surface area contributed by atoms with Crippen molar-refractivity contribution in [3.05, 3.63) is 29.3 Å². The van der Waals surface area contributed by atoms with E-state index in [2.05, 4.69) is 5.32 Å². The molecule has 29 heavy (non-hydrogen) atoms. The minimum Gasteiger partial charge on any atom is -0.399 e.